The highest BCUT2D eigenvalue weighted by Crippen LogP contribution is 2.20. The van der Waals surface area contributed by atoms with Gasteiger partial charge < -0.3 is 15.2 Å². The van der Waals surface area contributed by atoms with Crippen LogP contribution in [0.2, 0.25) is 0 Å². The maximum Gasteiger partial charge on any atom is 0.137 e. The van der Waals surface area contributed by atoms with Gasteiger partial charge in [0.2, 0.25) is 0 Å². The highest BCUT2D eigenvalue weighted by atomic mass is 16.3. The standard InChI is InChI=1S/C10H11NO2/c12-6-9-3-8-4-10(13)2-1-7(8)5-11-9/h1-2,4,6,9,11,13H,3,5H2. The molecule has 0 saturated heterocycles. The van der Waals surface area contributed by atoms with E-state index < -0.39 is 0 Å². The Balaban J connectivity index is 2.32. The number of hydrogen-bond acceptors (Lipinski definition) is 3. The number of benzene rings is 1. The quantitative estimate of drug-likeness (QED) is 0.618. The van der Waals surface area contributed by atoms with E-state index >= 15 is 0 Å². The van der Waals surface area contributed by atoms with Crippen LogP contribution in [-0.4, -0.2) is 17.4 Å². The molecule has 0 aliphatic carbocycles. The number of phenols is 1. The molecule has 0 fully saturated rings. The van der Waals surface area contributed by atoms with Gasteiger partial charge in [-0.25, -0.2) is 0 Å². The van der Waals surface area contributed by atoms with E-state index in [4.69, 9.17) is 0 Å². The van der Waals surface area contributed by atoms with E-state index in [-0.39, 0.29) is 11.8 Å². The summed E-state index contributed by atoms with van der Waals surface area (Å²) in [7, 11) is 0. The molecule has 0 amide bonds. The lowest BCUT2D eigenvalue weighted by atomic mass is 9.96. The van der Waals surface area contributed by atoms with Gasteiger partial charge in [-0.2, -0.15) is 0 Å². The van der Waals surface area contributed by atoms with Gasteiger partial charge in [0, 0.05) is 6.54 Å². The molecule has 1 aliphatic rings. The molecule has 2 N–H and O–H groups in total. The maximum absolute atomic E-state index is 10.5. The number of fused-ring (bicyclic) bond motifs is 1. The van der Waals surface area contributed by atoms with Gasteiger partial charge in [-0.15, -0.1) is 0 Å². The Morgan fingerprint density at radius 2 is 2.31 bits per heavy atom. The molecule has 0 radical (unpaired) electrons. The molecular formula is C10H11NO2. The lowest BCUT2D eigenvalue weighted by Gasteiger charge is -2.21. The van der Waals surface area contributed by atoms with Crippen molar-refractivity contribution in [1.82, 2.24) is 5.32 Å². The van der Waals surface area contributed by atoms with E-state index in [1.54, 1.807) is 12.1 Å². The number of hydrogen-bond donors (Lipinski definition) is 2. The molecule has 1 heterocycles. The first kappa shape index (κ1) is 8.26. The van der Waals surface area contributed by atoms with Gasteiger partial charge in [0.05, 0.1) is 6.04 Å². The van der Waals surface area contributed by atoms with Crippen LogP contribution >= 0.6 is 0 Å². The minimum absolute atomic E-state index is 0.103. The van der Waals surface area contributed by atoms with Crippen LogP contribution in [0, 0.1) is 0 Å². The average Bonchev–Trinajstić information content (AvgIpc) is 2.16. The first-order valence-corrected chi connectivity index (χ1v) is 4.29. The van der Waals surface area contributed by atoms with Crippen LogP contribution in [0.25, 0.3) is 0 Å². The van der Waals surface area contributed by atoms with Crippen LogP contribution in [0.4, 0.5) is 0 Å². The van der Waals surface area contributed by atoms with Crippen molar-refractivity contribution >= 4 is 6.29 Å². The average molecular weight is 177 g/mol. The van der Waals surface area contributed by atoms with Crippen LogP contribution in [0.1, 0.15) is 11.1 Å². The van der Waals surface area contributed by atoms with Crippen molar-refractivity contribution in [1.29, 1.82) is 0 Å². The van der Waals surface area contributed by atoms with Crippen LogP contribution in [-0.2, 0) is 17.8 Å². The van der Waals surface area contributed by atoms with Gasteiger partial charge in [0.15, 0.2) is 0 Å². The molecule has 3 nitrogen and oxygen atoms in total. The molecule has 68 valence electrons. The largest absolute Gasteiger partial charge is 0.508 e. The Hall–Kier alpha value is -1.35. The van der Waals surface area contributed by atoms with Crippen LogP contribution in [0.3, 0.4) is 0 Å². The molecule has 3 heteroatoms. The number of aldehydes is 1. The molecule has 0 spiro atoms. The molecule has 13 heavy (non-hydrogen) atoms. The van der Waals surface area contributed by atoms with E-state index in [1.807, 2.05) is 6.07 Å². The predicted molar refractivity (Wildman–Crippen MR) is 48.5 cm³/mol. The SMILES string of the molecule is O=CC1Cc2cc(O)ccc2CN1. The Morgan fingerprint density at radius 3 is 3.08 bits per heavy atom. The highest BCUT2D eigenvalue weighted by Gasteiger charge is 2.16. The van der Waals surface area contributed by atoms with Gasteiger partial charge in [0.25, 0.3) is 0 Å². The Labute approximate surface area is 76.4 Å². The number of carbonyl (C=O) groups is 1. The summed E-state index contributed by atoms with van der Waals surface area (Å²) in [5.41, 5.74) is 2.23. The fraction of sp³-hybridized carbons (Fsp3) is 0.300. The van der Waals surface area contributed by atoms with Gasteiger partial charge >= 0.3 is 0 Å². The molecule has 1 aliphatic heterocycles. The lowest BCUT2D eigenvalue weighted by molar-refractivity contribution is -0.109. The fourth-order valence-corrected chi connectivity index (χ4v) is 1.62. The summed E-state index contributed by atoms with van der Waals surface area (Å²) in [6, 6.07) is 5.18. The topological polar surface area (TPSA) is 49.3 Å². The second-order valence-corrected chi connectivity index (χ2v) is 3.28. The number of nitrogens with one attached hydrogen (secondary N) is 1. The first-order valence-electron chi connectivity index (χ1n) is 4.29. The molecule has 1 aromatic rings. The second kappa shape index (κ2) is 3.18. The minimum Gasteiger partial charge on any atom is -0.508 e. The van der Waals surface area contributed by atoms with E-state index in [0.29, 0.717) is 13.0 Å². The molecule has 0 aromatic heterocycles. The third-order valence-corrected chi connectivity index (χ3v) is 2.35. The summed E-state index contributed by atoms with van der Waals surface area (Å²) in [4.78, 5) is 10.5. The summed E-state index contributed by atoms with van der Waals surface area (Å²) >= 11 is 0. The number of aromatic hydroxyl groups is 1. The predicted octanol–water partition coefficient (Wildman–Crippen LogP) is 0.605. The summed E-state index contributed by atoms with van der Waals surface area (Å²) < 4.78 is 0. The third-order valence-electron chi connectivity index (χ3n) is 2.35. The minimum atomic E-state index is -0.103. The third kappa shape index (κ3) is 1.55. The van der Waals surface area contributed by atoms with Gasteiger partial charge in [-0.3, -0.25) is 0 Å². The zero-order chi connectivity index (χ0) is 9.26. The number of carbonyl (C=O) groups excluding carboxylic acids is 1. The summed E-state index contributed by atoms with van der Waals surface area (Å²) in [5.74, 6) is 0.269. The lowest BCUT2D eigenvalue weighted by Crippen LogP contribution is -2.36. The van der Waals surface area contributed by atoms with E-state index in [1.165, 1.54) is 0 Å². The zero-order valence-corrected chi connectivity index (χ0v) is 7.16. The first-order chi connectivity index (χ1) is 6.29. The van der Waals surface area contributed by atoms with Crippen molar-refractivity contribution in [3.8, 4) is 5.75 Å². The number of phenolic OH excluding ortho intramolecular Hbond substituents is 1. The fourth-order valence-electron chi connectivity index (χ4n) is 1.62. The smallest absolute Gasteiger partial charge is 0.137 e. The van der Waals surface area contributed by atoms with Crippen molar-refractivity contribution in [3.05, 3.63) is 29.3 Å². The van der Waals surface area contributed by atoms with Crippen molar-refractivity contribution in [2.24, 2.45) is 0 Å². The maximum atomic E-state index is 10.5. The van der Waals surface area contributed by atoms with Crippen LogP contribution < -0.4 is 5.32 Å². The summed E-state index contributed by atoms with van der Waals surface area (Å²) in [5, 5.41) is 12.3. The second-order valence-electron chi connectivity index (χ2n) is 3.28. The van der Waals surface area contributed by atoms with Gasteiger partial charge in [0.1, 0.15) is 12.0 Å². The Bertz CT molecular complexity index is 336. The van der Waals surface area contributed by atoms with E-state index in [9.17, 15) is 9.90 Å². The van der Waals surface area contributed by atoms with Crippen molar-refractivity contribution in [2.45, 2.75) is 19.0 Å². The molecule has 0 bridgehead atoms. The normalized spacial score (nSPS) is 20.8. The van der Waals surface area contributed by atoms with Gasteiger partial charge in [-0.1, -0.05) is 6.07 Å². The molecule has 1 atom stereocenters. The summed E-state index contributed by atoms with van der Waals surface area (Å²) in [6.45, 7) is 0.707. The molecule has 1 aromatic carbocycles. The van der Waals surface area contributed by atoms with E-state index in [2.05, 4.69) is 5.32 Å². The van der Waals surface area contributed by atoms with Crippen LogP contribution in [0.5, 0.6) is 5.75 Å². The zero-order valence-electron chi connectivity index (χ0n) is 7.16. The van der Waals surface area contributed by atoms with Crippen molar-refractivity contribution < 1.29 is 9.90 Å². The Kier molecular flexibility index (Phi) is 2.02. The molecular weight excluding hydrogens is 166 g/mol. The van der Waals surface area contributed by atoms with Crippen molar-refractivity contribution in [2.75, 3.05) is 0 Å². The van der Waals surface area contributed by atoms with E-state index in [0.717, 1.165) is 17.4 Å². The molecule has 2 rings (SSSR count). The molecule has 0 saturated carbocycles. The summed E-state index contributed by atoms with van der Waals surface area (Å²) in [6.07, 6.45) is 1.58. The van der Waals surface area contributed by atoms with Gasteiger partial charge in [-0.05, 0) is 29.7 Å². The highest BCUT2D eigenvalue weighted by molar-refractivity contribution is 5.59. The Morgan fingerprint density at radius 1 is 1.46 bits per heavy atom. The monoisotopic (exact) mass is 177 g/mol. The molecule has 1 unspecified atom stereocenters. The van der Waals surface area contributed by atoms with Crippen LogP contribution in [0.15, 0.2) is 18.2 Å². The van der Waals surface area contributed by atoms with Crippen molar-refractivity contribution in [3.63, 3.8) is 0 Å². The number of rotatable bonds is 1.